The molecule has 0 aromatic heterocycles. The minimum atomic E-state index is -3.85. The smallest absolute Gasteiger partial charge is 0.306 e. The number of aliphatic carboxylic acids is 1. The van der Waals surface area contributed by atoms with Gasteiger partial charge >= 0.3 is 5.97 Å². The molecule has 1 saturated carbocycles. The van der Waals surface area contributed by atoms with Gasteiger partial charge < -0.3 is 5.11 Å². The van der Waals surface area contributed by atoms with Crippen LogP contribution in [-0.2, 0) is 14.8 Å². The molecule has 116 valence electrons. The molecule has 1 aliphatic carbocycles. The molecule has 0 spiro atoms. The Morgan fingerprint density at radius 3 is 2.71 bits per heavy atom. The number of nitrogens with one attached hydrogen (secondary N) is 1. The highest BCUT2D eigenvalue weighted by Gasteiger charge is 2.30. The van der Waals surface area contributed by atoms with E-state index in [9.17, 15) is 17.6 Å². The zero-order chi connectivity index (χ0) is 15.6. The van der Waals surface area contributed by atoms with E-state index in [2.05, 4.69) is 20.7 Å². The third-order valence-electron chi connectivity index (χ3n) is 3.55. The van der Waals surface area contributed by atoms with E-state index in [1.54, 1.807) is 0 Å². The first-order valence-electron chi connectivity index (χ1n) is 6.50. The molecule has 2 rings (SSSR count). The molecule has 0 amide bonds. The quantitative estimate of drug-likeness (QED) is 0.841. The normalized spacial score (nSPS) is 23.0. The van der Waals surface area contributed by atoms with Gasteiger partial charge in [-0.25, -0.2) is 17.5 Å². The number of benzene rings is 1. The minimum absolute atomic E-state index is 0.166. The summed E-state index contributed by atoms with van der Waals surface area (Å²) in [5.74, 6) is -2.10. The van der Waals surface area contributed by atoms with Crippen molar-refractivity contribution >= 4 is 31.9 Å². The lowest BCUT2D eigenvalue weighted by Gasteiger charge is -2.27. The summed E-state index contributed by atoms with van der Waals surface area (Å²) in [5, 5.41) is 9.01. The highest BCUT2D eigenvalue weighted by atomic mass is 79.9. The van der Waals surface area contributed by atoms with Crippen LogP contribution < -0.4 is 4.72 Å². The van der Waals surface area contributed by atoms with Crippen LogP contribution in [0.4, 0.5) is 4.39 Å². The highest BCUT2D eigenvalue weighted by molar-refractivity contribution is 9.10. The van der Waals surface area contributed by atoms with Gasteiger partial charge in [-0.15, -0.1) is 0 Å². The predicted molar refractivity (Wildman–Crippen MR) is 77.8 cm³/mol. The number of carbonyl (C=O) groups is 1. The van der Waals surface area contributed by atoms with E-state index in [-0.39, 0.29) is 15.8 Å². The van der Waals surface area contributed by atoms with Crippen LogP contribution in [0, 0.1) is 11.7 Å². The molecule has 8 heteroatoms. The summed E-state index contributed by atoms with van der Waals surface area (Å²) in [4.78, 5) is 10.8. The van der Waals surface area contributed by atoms with Crippen LogP contribution in [0.15, 0.2) is 27.6 Å². The summed E-state index contributed by atoms with van der Waals surface area (Å²) in [6, 6.07) is 3.12. The fraction of sp³-hybridized carbons (Fsp3) is 0.462. The molecule has 5 nitrogen and oxygen atoms in total. The van der Waals surface area contributed by atoms with Crippen LogP contribution in [0.25, 0.3) is 0 Å². The van der Waals surface area contributed by atoms with E-state index in [4.69, 9.17) is 5.11 Å². The standard InChI is InChI=1S/C13H15BrFNO4S/c14-11-5-4-10(7-12(11)15)21(19,20)16-9-3-1-2-8(6-9)13(17)18/h4-5,7-9,16H,1-3,6H2,(H,17,18). The van der Waals surface area contributed by atoms with Crippen molar-refractivity contribution in [2.75, 3.05) is 0 Å². The average Bonchev–Trinajstić information content (AvgIpc) is 2.41. The molecule has 2 N–H and O–H groups in total. The number of halogens is 2. The van der Waals surface area contributed by atoms with Crippen LogP contribution in [0.3, 0.4) is 0 Å². The fourth-order valence-electron chi connectivity index (χ4n) is 2.45. The summed E-state index contributed by atoms with van der Waals surface area (Å²) >= 11 is 2.96. The zero-order valence-corrected chi connectivity index (χ0v) is 13.5. The van der Waals surface area contributed by atoms with Crippen LogP contribution in [0.5, 0.6) is 0 Å². The molecule has 0 saturated heterocycles. The Labute approximate surface area is 130 Å². The first-order chi connectivity index (χ1) is 9.79. The van der Waals surface area contributed by atoms with E-state index < -0.39 is 33.8 Å². The summed E-state index contributed by atoms with van der Waals surface area (Å²) in [7, 11) is -3.85. The van der Waals surface area contributed by atoms with Gasteiger partial charge in [-0.1, -0.05) is 6.42 Å². The van der Waals surface area contributed by atoms with Crippen molar-refractivity contribution in [3.05, 3.63) is 28.5 Å². The van der Waals surface area contributed by atoms with Crippen molar-refractivity contribution in [1.29, 1.82) is 0 Å². The number of carboxylic acids is 1. The van der Waals surface area contributed by atoms with E-state index in [1.165, 1.54) is 12.1 Å². The van der Waals surface area contributed by atoms with Crippen molar-refractivity contribution in [1.82, 2.24) is 4.72 Å². The molecule has 2 unspecified atom stereocenters. The van der Waals surface area contributed by atoms with E-state index in [0.717, 1.165) is 6.07 Å². The maximum Gasteiger partial charge on any atom is 0.306 e. The molecule has 2 atom stereocenters. The zero-order valence-electron chi connectivity index (χ0n) is 11.1. The highest BCUT2D eigenvalue weighted by Crippen LogP contribution is 2.26. The van der Waals surface area contributed by atoms with Gasteiger partial charge in [-0.05, 0) is 53.4 Å². The monoisotopic (exact) mass is 379 g/mol. The molecular formula is C13H15BrFNO4S. The molecule has 0 heterocycles. The Morgan fingerprint density at radius 1 is 1.38 bits per heavy atom. The van der Waals surface area contributed by atoms with Gasteiger partial charge in [0.05, 0.1) is 15.3 Å². The molecular weight excluding hydrogens is 365 g/mol. The van der Waals surface area contributed by atoms with Crippen molar-refractivity contribution < 1.29 is 22.7 Å². The molecule has 21 heavy (non-hydrogen) atoms. The number of rotatable bonds is 4. The van der Waals surface area contributed by atoms with Crippen LogP contribution >= 0.6 is 15.9 Å². The van der Waals surface area contributed by atoms with Gasteiger partial charge in [-0.3, -0.25) is 4.79 Å². The summed E-state index contributed by atoms with van der Waals surface area (Å²) < 4.78 is 40.5. The molecule has 0 radical (unpaired) electrons. The van der Waals surface area contributed by atoms with Gasteiger partial charge in [0, 0.05) is 6.04 Å². The lowest BCUT2D eigenvalue weighted by molar-refractivity contribution is -0.143. The number of hydrogen-bond donors (Lipinski definition) is 2. The summed E-state index contributed by atoms with van der Waals surface area (Å²) in [6.07, 6.45) is 2.05. The van der Waals surface area contributed by atoms with Gasteiger partial charge in [0.1, 0.15) is 5.82 Å². The average molecular weight is 380 g/mol. The topological polar surface area (TPSA) is 83.5 Å². The van der Waals surface area contributed by atoms with E-state index in [1.807, 2.05) is 0 Å². The number of sulfonamides is 1. The van der Waals surface area contributed by atoms with Crippen molar-refractivity contribution in [3.63, 3.8) is 0 Å². The third kappa shape index (κ3) is 4.02. The number of carboxylic acid groups (broad SMARTS) is 1. The third-order valence-corrected chi connectivity index (χ3v) is 5.71. The van der Waals surface area contributed by atoms with Crippen molar-refractivity contribution in [2.24, 2.45) is 5.92 Å². The Kier molecular flexibility index (Phi) is 5.00. The van der Waals surface area contributed by atoms with Gasteiger partial charge in [0.15, 0.2) is 0 Å². The SMILES string of the molecule is O=C(O)C1CCCC(NS(=O)(=O)c2ccc(Br)c(F)c2)C1. The Bertz CT molecular complexity index is 650. The van der Waals surface area contributed by atoms with Crippen LogP contribution in [0.2, 0.25) is 0 Å². The second-order valence-electron chi connectivity index (χ2n) is 5.10. The van der Waals surface area contributed by atoms with Crippen molar-refractivity contribution in [3.8, 4) is 0 Å². The second-order valence-corrected chi connectivity index (χ2v) is 7.66. The summed E-state index contributed by atoms with van der Waals surface area (Å²) in [5.41, 5.74) is 0. The Morgan fingerprint density at radius 2 is 2.10 bits per heavy atom. The Balaban J connectivity index is 2.13. The van der Waals surface area contributed by atoms with Crippen LogP contribution in [-0.4, -0.2) is 25.5 Å². The maximum atomic E-state index is 13.4. The second kappa shape index (κ2) is 6.41. The van der Waals surface area contributed by atoms with E-state index in [0.29, 0.717) is 19.3 Å². The summed E-state index contributed by atoms with van der Waals surface area (Å²) in [6.45, 7) is 0. The van der Waals surface area contributed by atoms with Gasteiger partial charge in [-0.2, -0.15) is 0 Å². The molecule has 0 bridgehead atoms. The van der Waals surface area contributed by atoms with Crippen molar-refractivity contribution in [2.45, 2.75) is 36.6 Å². The van der Waals surface area contributed by atoms with Crippen LogP contribution in [0.1, 0.15) is 25.7 Å². The lowest BCUT2D eigenvalue weighted by atomic mass is 9.86. The molecule has 0 aliphatic heterocycles. The molecule has 1 aromatic carbocycles. The van der Waals surface area contributed by atoms with Gasteiger partial charge in [0.2, 0.25) is 10.0 Å². The van der Waals surface area contributed by atoms with Gasteiger partial charge in [0.25, 0.3) is 0 Å². The number of hydrogen-bond acceptors (Lipinski definition) is 3. The molecule has 1 aliphatic rings. The first kappa shape index (κ1) is 16.4. The maximum absolute atomic E-state index is 13.4. The lowest BCUT2D eigenvalue weighted by Crippen LogP contribution is -2.39. The predicted octanol–water partition coefficient (Wildman–Crippen LogP) is 2.51. The fourth-order valence-corrected chi connectivity index (χ4v) is 3.99. The van der Waals surface area contributed by atoms with E-state index >= 15 is 0 Å². The molecule has 1 fully saturated rings. The first-order valence-corrected chi connectivity index (χ1v) is 8.77. The largest absolute Gasteiger partial charge is 0.481 e. The molecule has 1 aromatic rings. The minimum Gasteiger partial charge on any atom is -0.481 e. The Hall–Kier alpha value is -0.990.